The first-order valence-corrected chi connectivity index (χ1v) is 11.0. The van der Waals surface area contributed by atoms with Crippen molar-refractivity contribution in [2.75, 3.05) is 0 Å². The molecule has 0 N–H and O–H groups in total. The quantitative estimate of drug-likeness (QED) is 0.540. The highest BCUT2D eigenvalue weighted by atomic mass is 35.5. The number of rotatable bonds is 2. The summed E-state index contributed by atoms with van der Waals surface area (Å²) in [5.74, 6) is 6.99. The third-order valence-corrected chi connectivity index (χ3v) is 10.9. The molecule has 0 saturated heterocycles. The second-order valence-corrected chi connectivity index (χ2v) is 12.9. The lowest BCUT2D eigenvalue weighted by molar-refractivity contribution is 0.0210. The van der Waals surface area contributed by atoms with Gasteiger partial charge in [-0.2, -0.15) is 0 Å². The van der Waals surface area contributed by atoms with Crippen molar-refractivity contribution in [3.63, 3.8) is 0 Å². The van der Waals surface area contributed by atoms with Gasteiger partial charge < -0.3 is 0 Å². The molecule has 0 aromatic heterocycles. The Morgan fingerprint density at radius 1 is 0.455 bits per heavy atom. The van der Waals surface area contributed by atoms with Gasteiger partial charge in [-0.15, -0.1) is 21.0 Å². The molecule has 8 rings (SSSR count). The molecule has 8 fully saturated rings. The van der Waals surface area contributed by atoms with Gasteiger partial charge in [0.25, 0.3) is 0 Å². The highest BCUT2D eigenvalue weighted by Crippen LogP contribution is 2.71. The summed E-state index contributed by atoms with van der Waals surface area (Å²) in [7, 11) is 1.38. The van der Waals surface area contributed by atoms with Crippen LogP contribution in [0.2, 0.25) is 0 Å². The zero-order valence-corrected chi connectivity index (χ0v) is 15.7. The summed E-state index contributed by atoms with van der Waals surface area (Å²) >= 11 is 0. The number of hydrogen-bond donors (Lipinski definition) is 0. The van der Waals surface area contributed by atoms with E-state index in [0.29, 0.717) is 0 Å². The van der Waals surface area contributed by atoms with Gasteiger partial charge in [-0.3, -0.25) is 0 Å². The molecule has 0 unspecified atom stereocenters. The molecule has 8 aliphatic carbocycles. The van der Waals surface area contributed by atoms with E-state index in [0.717, 1.165) is 45.8 Å². The van der Waals surface area contributed by atoms with Gasteiger partial charge in [-0.25, -0.2) is 0 Å². The van der Waals surface area contributed by atoms with Crippen molar-refractivity contribution in [1.82, 2.24) is 0 Å². The molecule has 0 aromatic rings. The molecule has 0 atom stereocenters. The molecule has 2 heteroatoms. The van der Waals surface area contributed by atoms with Crippen molar-refractivity contribution in [3.8, 4) is 0 Å². The van der Waals surface area contributed by atoms with Crippen molar-refractivity contribution in [1.29, 1.82) is 0 Å². The van der Waals surface area contributed by atoms with Crippen molar-refractivity contribution in [2.24, 2.45) is 35.5 Å². The summed E-state index contributed by atoms with van der Waals surface area (Å²) in [4.78, 5) is 0. The minimum Gasteiger partial charge on any atom is -0.147 e. The summed E-state index contributed by atoms with van der Waals surface area (Å²) in [5.41, 5.74) is 0. The van der Waals surface area contributed by atoms with E-state index in [4.69, 9.17) is 0 Å². The summed E-state index contributed by atoms with van der Waals surface area (Å²) < 4.78 is 0. The van der Waals surface area contributed by atoms with Crippen LogP contribution in [-0.2, 0) is 0 Å². The lowest BCUT2D eigenvalue weighted by atomic mass is 9.55. The van der Waals surface area contributed by atoms with Crippen molar-refractivity contribution in [3.05, 3.63) is 0 Å². The Balaban J connectivity index is 0.00000113. The minimum atomic E-state index is 0. The van der Waals surface area contributed by atoms with Crippen LogP contribution in [-0.4, -0.2) is 10.3 Å². The summed E-state index contributed by atoms with van der Waals surface area (Å²) in [6, 6.07) is 0. The molecule has 8 aliphatic rings. The molecular weight excluding hydrogens is 307 g/mol. The zero-order chi connectivity index (χ0) is 13.7. The van der Waals surface area contributed by atoms with Gasteiger partial charge in [0.05, 0.1) is 0 Å². The Labute approximate surface area is 144 Å². The van der Waals surface area contributed by atoms with Gasteiger partial charge in [-0.05, 0) is 123 Å². The van der Waals surface area contributed by atoms with Crippen molar-refractivity contribution < 1.29 is 0 Å². The maximum Gasteiger partial charge on any atom is -0.0109 e. The second-order valence-electron chi connectivity index (χ2n) is 10.5. The molecule has 0 amide bonds. The SMILES string of the molecule is C1C2CC3CC1CC(PC14CC5CC(CC(C5)C1)C4)(C2)C3.Cl. The molecule has 8 saturated carbocycles. The van der Waals surface area contributed by atoms with E-state index in [2.05, 4.69) is 0 Å². The fraction of sp³-hybridized carbons (Fsp3) is 1.00. The molecule has 0 radical (unpaired) electrons. The molecule has 0 nitrogen and oxygen atoms in total. The molecule has 0 heterocycles. The third kappa shape index (κ3) is 2.19. The maximum absolute atomic E-state index is 1.67. The Bertz CT molecular complexity index is 358. The monoisotopic (exact) mass is 338 g/mol. The van der Waals surface area contributed by atoms with E-state index in [1.165, 1.54) is 8.58 Å². The molecular formula is C20H32ClP. The third-order valence-electron chi connectivity index (χ3n) is 8.61. The summed E-state index contributed by atoms with van der Waals surface area (Å²) in [6.07, 6.45) is 19.8. The van der Waals surface area contributed by atoms with E-state index in [1.54, 1.807) is 77.0 Å². The van der Waals surface area contributed by atoms with Crippen LogP contribution in [0.5, 0.6) is 0 Å². The van der Waals surface area contributed by atoms with Gasteiger partial charge in [0.2, 0.25) is 0 Å². The van der Waals surface area contributed by atoms with E-state index < -0.39 is 0 Å². The van der Waals surface area contributed by atoms with Crippen molar-refractivity contribution >= 4 is 21.0 Å². The largest absolute Gasteiger partial charge is 0.147 e. The predicted molar refractivity (Wildman–Crippen MR) is 97.4 cm³/mol. The average molecular weight is 339 g/mol. The number of hydrogen-bond acceptors (Lipinski definition) is 0. The molecule has 8 bridgehead atoms. The van der Waals surface area contributed by atoms with E-state index in [1.807, 2.05) is 0 Å². The minimum absolute atomic E-state index is 0. The van der Waals surface area contributed by atoms with E-state index >= 15 is 0 Å². The standard InChI is InChI=1S/C20H31P.ClH/c1-13-2-15-3-14(1)8-19(7-13,9-15)21-20-10-16-4-17(11-20)6-18(5-16)12-20;/h13-18,21H,1-12H2;1H. The van der Waals surface area contributed by atoms with Gasteiger partial charge in [0.15, 0.2) is 0 Å². The average Bonchev–Trinajstić information content (AvgIpc) is 2.33. The van der Waals surface area contributed by atoms with Crippen LogP contribution in [0.15, 0.2) is 0 Å². The summed E-state index contributed by atoms with van der Waals surface area (Å²) in [5, 5.41) is 1.75. The van der Waals surface area contributed by atoms with Gasteiger partial charge in [0, 0.05) is 0 Å². The fourth-order valence-corrected chi connectivity index (χ4v) is 12.6. The lowest BCUT2D eigenvalue weighted by Crippen LogP contribution is -2.53. The smallest absolute Gasteiger partial charge is 0.0109 e. The normalized spacial score (nSPS) is 61.1. The Kier molecular flexibility index (Phi) is 3.33. The first-order valence-electron chi connectivity index (χ1n) is 9.97. The highest BCUT2D eigenvalue weighted by molar-refractivity contribution is 7.42. The summed E-state index contributed by atoms with van der Waals surface area (Å²) in [6.45, 7) is 0. The van der Waals surface area contributed by atoms with Crippen LogP contribution in [0, 0.1) is 35.5 Å². The second kappa shape index (κ2) is 4.88. The highest BCUT2D eigenvalue weighted by Gasteiger charge is 2.57. The topological polar surface area (TPSA) is 0 Å². The first kappa shape index (κ1) is 15.0. The number of halogens is 1. The Morgan fingerprint density at radius 3 is 0.909 bits per heavy atom. The predicted octanol–water partition coefficient (Wildman–Crippen LogP) is 6.02. The molecule has 124 valence electrons. The fourth-order valence-electron chi connectivity index (χ4n) is 9.09. The maximum atomic E-state index is 1.67. The van der Waals surface area contributed by atoms with E-state index in [9.17, 15) is 0 Å². The van der Waals surface area contributed by atoms with Crippen LogP contribution < -0.4 is 0 Å². The lowest BCUT2D eigenvalue weighted by Gasteiger charge is -2.63. The van der Waals surface area contributed by atoms with Crippen LogP contribution in [0.3, 0.4) is 0 Å². The van der Waals surface area contributed by atoms with Crippen LogP contribution >= 0.6 is 21.0 Å². The molecule has 0 aliphatic heterocycles. The Morgan fingerprint density at radius 2 is 0.682 bits per heavy atom. The zero-order valence-electron chi connectivity index (χ0n) is 13.9. The molecule has 0 spiro atoms. The molecule has 0 aromatic carbocycles. The van der Waals surface area contributed by atoms with Gasteiger partial charge in [0.1, 0.15) is 0 Å². The first-order chi connectivity index (χ1) is 10.2. The van der Waals surface area contributed by atoms with Crippen LogP contribution in [0.25, 0.3) is 0 Å². The molecule has 22 heavy (non-hydrogen) atoms. The van der Waals surface area contributed by atoms with Crippen molar-refractivity contribution in [2.45, 2.75) is 87.4 Å². The van der Waals surface area contributed by atoms with Gasteiger partial charge >= 0.3 is 0 Å². The van der Waals surface area contributed by atoms with E-state index in [-0.39, 0.29) is 12.4 Å². The van der Waals surface area contributed by atoms with Crippen LogP contribution in [0.1, 0.15) is 77.0 Å². The Hall–Kier alpha value is 0.720. The van der Waals surface area contributed by atoms with Gasteiger partial charge in [-0.1, -0.05) is 0 Å². The van der Waals surface area contributed by atoms with Crippen LogP contribution in [0.4, 0.5) is 0 Å².